The summed E-state index contributed by atoms with van der Waals surface area (Å²) in [5.74, 6) is -0.170. The van der Waals surface area contributed by atoms with Crippen molar-refractivity contribution in [2.45, 2.75) is 58.7 Å². The zero-order valence-corrected chi connectivity index (χ0v) is 12.1. The molecule has 102 valence electrons. The summed E-state index contributed by atoms with van der Waals surface area (Å²) in [6.45, 7) is 9.34. The van der Waals surface area contributed by atoms with Gasteiger partial charge in [-0.15, -0.1) is 0 Å². The van der Waals surface area contributed by atoms with E-state index in [-0.39, 0.29) is 18.1 Å². The lowest BCUT2D eigenvalue weighted by Gasteiger charge is -2.26. The van der Waals surface area contributed by atoms with Gasteiger partial charge in [-0.25, -0.2) is 0 Å². The molecule has 4 heteroatoms. The fourth-order valence-electron chi connectivity index (χ4n) is 1.68. The monoisotopic (exact) mass is 244 g/mol. The zero-order chi connectivity index (χ0) is 13.4. The minimum absolute atomic E-state index is 0.170. The third-order valence-corrected chi connectivity index (χ3v) is 3.13. The summed E-state index contributed by atoms with van der Waals surface area (Å²) in [6, 6.07) is 0.631. The van der Waals surface area contributed by atoms with Crippen LogP contribution in [-0.4, -0.2) is 49.7 Å². The third-order valence-electron chi connectivity index (χ3n) is 3.13. The van der Waals surface area contributed by atoms with E-state index in [2.05, 4.69) is 31.1 Å². The van der Waals surface area contributed by atoms with Crippen molar-refractivity contribution in [3.63, 3.8) is 0 Å². The van der Waals surface area contributed by atoms with Gasteiger partial charge in [-0.1, -0.05) is 20.8 Å². The third kappa shape index (κ3) is 6.64. The quantitative estimate of drug-likeness (QED) is 0.659. The highest BCUT2D eigenvalue weighted by Crippen LogP contribution is 2.04. The van der Waals surface area contributed by atoms with Crippen LogP contribution < -0.4 is 5.32 Å². The van der Waals surface area contributed by atoms with Gasteiger partial charge in [0.25, 0.3) is 0 Å². The molecule has 1 N–H and O–H groups in total. The van der Waals surface area contributed by atoms with E-state index in [0.29, 0.717) is 6.04 Å². The first-order chi connectivity index (χ1) is 7.92. The van der Waals surface area contributed by atoms with Gasteiger partial charge in [0.15, 0.2) is 0 Å². The van der Waals surface area contributed by atoms with E-state index in [1.807, 2.05) is 13.8 Å². The fraction of sp³-hybridized carbons (Fsp3) is 0.923. The van der Waals surface area contributed by atoms with Crippen molar-refractivity contribution >= 4 is 5.97 Å². The number of nitrogens with zero attached hydrogens (tertiary/aromatic N) is 1. The average molecular weight is 244 g/mol. The van der Waals surface area contributed by atoms with Crippen molar-refractivity contribution in [2.75, 3.05) is 20.7 Å². The molecular weight excluding hydrogens is 216 g/mol. The number of nitrogens with one attached hydrogen (secondary N) is 1. The second-order valence-corrected chi connectivity index (χ2v) is 4.92. The predicted molar refractivity (Wildman–Crippen MR) is 71.1 cm³/mol. The van der Waals surface area contributed by atoms with Gasteiger partial charge >= 0.3 is 5.97 Å². The van der Waals surface area contributed by atoms with Crippen LogP contribution in [0.2, 0.25) is 0 Å². The molecule has 0 aromatic heterocycles. The summed E-state index contributed by atoms with van der Waals surface area (Å²) in [6.07, 6.45) is 1.91. The van der Waals surface area contributed by atoms with Gasteiger partial charge in [0, 0.05) is 18.6 Å². The summed E-state index contributed by atoms with van der Waals surface area (Å²) in [7, 11) is 3.54. The fourth-order valence-corrected chi connectivity index (χ4v) is 1.68. The van der Waals surface area contributed by atoms with E-state index >= 15 is 0 Å². The van der Waals surface area contributed by atoms with E-state index in [9.17, 15) is 4.79 Å². The molecule has 4 nitrogen and oxygen atoms in total. The van der Waals surface area contributed by atoms with Gasteiger partial charge in [-0.05, 0) is 26.8 Å². The maximum Gasteiger partial charge on any atom is 0.322 e. The number of esters is 1. The SMILES string of the molecule is CCC(C)N(C)CCC(NC(C)C)C(=O)OC. The lowest BCUT2D eigenvalue weighted by atomic mass is 10.1. The molecule has 0 bridgehead atoms. The minimum Gasteiger partial charge on any atom is -0.468 e. The largest absolute Gasteiger partial charge is 0.468 e. The zero-order valence-electron chi connectivity index (χ0n) is 12.1. The Morgan fingerprint density at radius 3 is 2.35 bits per heavy atom. The van der Waals surface area contributed by atoms with E-state index < -0.39 is 0 Å². The summed E-state index contributed by atoms with van der Waals surface area (Å²) in [4.78, 5) is 13.9. The van der Waals surface area contributed by atoms with Gasteiger partial charge in [0.1, 0.15) is 6.04 Å². The molecule has 0 aromatic rings. The summed E-state index contributed by atoms with van der Waals surface area (Å²) >= 11 is 0. The number of hydrogen-bond donors (Lipinski definition) is 1. The van der Waals surface area contributed by atoms with Crippen molar-refractivity contribution in [1.29, 1.82) is 0 Å². The Labute approximate surface area is 106 Å². The molecule has 0 saturated heterocycles. The molecule has 0 fully saturated rings. The second kappa shape index (κ2) is 8.48. The van der Waals surface area contributed by atoms with Crippen LogP contribution in [0.15, 0.2) is 0 Å². The van der Waals surface area contributed by atoms with Gasteiger partial charge < -0.3 is 15.0 Å². The molecular formula is C13H28N2O2. The molecule has 0 aliphatic carbocycles. The van der Waals surface area contributed by atoms with Crippen LogP contribution in [0.4, 0.5) is 0 Å². The van der Waals surface area contributed by atoms with Crippen LogP contribution in [0.1, 0.15) is 40.5 Å². The molecule has 0 rings (SSSR count). The van der Waals surface area contributed by atoms with E-state index in [4.69, 9.17) is 4.74 Å². The normalized spacial score (nSPS) is 15.1. The van der Waals surface area contributed by atoms with Crippen LogP contribution in [0.3, 0.4) is 0 Å². The van der Waals surface area contributed by atoms with Crippen molar-refractivity contribution < 1.29 is 9.53 Å². The standard InChI is InChI=1S/C13H28N2O2/c1-7-11(4)15(5)9-8-12(13(16)17-6)14-10(2)3/h10-12,14H,7-9H2,1-6H3. The highest BCUT2D eigenvalue weighted by atomic mass is 16.5. The van der Waals surface area contributed by atoms with Gasteiger partial charge in [-0.3, -0.25) is 4.79 Å². The second-order valence-electron chi connectivity index (χ2n) is 4.92. The van der Waals surface area contributed by atoms with Crippen molar-refractivity contribution in [3.8, 4) is 0 Å². The van der Waals surface area contributed by atoms with Crippen molar-refractivity contribution in [2.24, 2.45) is 0 Å². The lowest BCUT2D eigenvalue weighted by Crippen LogP contribution is -2.44. The topological polar surface area (TPSA) is 41.6 Å². The van der Waals surface area contributed by atoms with Crippen LogP contribution >= 0.6 is 0 Å². The molecule has 0 heterocycles. The molecule has 0 aromatic carbocycles. The molecule has 17 heavy (non-hydrogen) atoms. The highest BCUT2D eigenvalue weighted by Gasteiger charge is 2.20. The molecule has 0 aliphatic rings. The number of methoxy groups -OCH3 is 1. The van der Waals surface area contributed by atoms with Crippen LogP contribution in [0, 0.1) is 0 Å². The number of ether oxygens (including phenoxy) is 1. The smallest absolute Gasteiger partial charge is 0.322 e. The maximum absolute atomic E-state index is 11.6. The predicted octanol–water partition coefficient (Wildman–Crippen LogP) is 1.65. The summed E-state index contributed by atoms with van der Waals surface area (Å²) in [5, 5.41) is 3.24. The molecule has 0 amide bonds. The first-order valence-electron chi connectivity index (χ1n) is 6.46. The molecule has 0 saturated carbocycles. The Bertz CT molecular complexity index is 219. The first kappa shape index (κ1) is 16.4. The Hall–Kier alpha value is -0.610. The van der Waals surface area contributed by atoms with Gasteiger partial charge in [0.2, 0.25) is 0 Å². The van der Waals surface area contributed by atoms with E-state index in [0.717, 1.165) is 19.4 Å². The van der Waals surface area contributed by atoms with Crippen molar-refractivity contribution in [1.82, 2.24) is 10.2 Å². The number of hydrogen-bond acceptors (Lipinski definition) is 4. The Balaban J connectivity index is 4.20. The lowest BCUT2D eigenvalue weighted by molar-refractivity contribution is -0.143. The Kier molecular flexibility index (Phi) is 8.17. The number of rotatable bonds is 8. The molecule has 0 spiro atoms. The maximum atomic E-state index is 11.6. The van der Waals surface area contributed by atoms with Gasteiger partial charge in [-0.2, -0.15) is 0 Å². The Morgan fingerprint density at radius 1 is 1.35 bits per heavy atom. The Morgan fingerprint density at radius 2 is 1.94 bits per heavy atom. The highest BCUT2D eigenvalue weighted by molar-refractivity contribution is 5.75. The summed E-state index contributed by atoms with van der Waals surface area (Å²) < 4.78 is 4.81. The minimum atomic E-state index is -0.202. The van der Waals surface area contributed by atoms with Crippen LogP contribution in [0.25, 0.3) is 0 Å². The molecule has 2 unspecified atom stereocenters. The first-order valence-corrected chi connectivity index (χ1v) is 6.46. The molecule has 0 aliphatic heterocycles. The molecule has 2 atom stereocenters. The molecule has 0 radical (unpaired) electrons. The van der Waals surface area contributed by atoms with E-state index in [1.165, 1.54) is 7.11 Å². The van der Waals surface area contributed by atoms with Crippen molar-refractivity contribution in [3.05, 3.63) is 0 Å². The summed E-state index contributed by atoms with van der Waals surface area (Å²) in [5.41, 5.74) is 0. The van der Waals surface area contributed by atoms with E-state index in [1.54, 1.807) is 0 Å². The average Bonchev–Trinajstić information content (AvgIpc) is 2.31. The number of carbonyl (C=O) groups is 1. The number of carbonyl (C=O) groups excluding carboxylic acids is 1. The van der Waals surface area contributed by atoms with Crippen LogP contribution in [0.5, 0.6) is 0 Å². The van der Waals surface area contributed by atoms with Gasteiger partial charge in [0.05, 0.1) is 7.11 Å². The van der Waals surface area contributed by atoms with Crippen LogP contribution in [-0.2, 0) is 9.53 Å².